The first-order chi connectivity index (χ1) is 19.3. The maximum Gasteiger partial charge on any atom is 0.338 e. The predicted molar refractivity (Wildman–Crippen MR) is 153 cm³/mol. The largest absolute Gasteiger partial charge is 0.488 e. The quantitative estimate of drug-likeness (QED) is 0.296. The molecule has 4 aromatic rings. The Morgan fingerprint density at radius 2 is 1.73 bits per heavy atom. The van der Waals surface area contributed by atoms with Gasteiger partial charge in [-0.1, -0.05) is 53.8 Å². The summed E-state index contributed by atoms with van der Waals surface area (Å²) in [5.41, 5.74) is 5.05. The van der Waals surface area contributed by atoms with Gasteiger partial charge in [-0.25, -0.2) is 14.2 Å². The van der Waals surface area contributed by atoms with Gasteiger partial charge in [0.05, 0.1) is 28.5 Å². The van der Waals surface area contributed by atoms with Gasteiger partial charge < -0.3 is 9.47 Å². The summed E-state index contributed by atoms with van der Waals surface area (Å²) < 4.78 is 26.7. The van der Waals surface area contributed by atoms with Gasteiger partial charge in [0.15, 0.2) is 4.80 Å². The summed E-state index contributed by atoms with van der Waals surface area (Å²) in [4.78, 5) is 32.0. The first-order valence-electron chi connectivity index (χ1n) is 13.0. The van der Waals surface area contributed by atoms with E-state index in [1.54, 1.807) is 30.5 Å². The number of hydrogen-bond donors (Lipinski definition) is 0. The van der Waals surface area contributed by atoms with Crippen molar-refractivity contribution in [2.45, 2.75) is 40.3 Å². The number of esters is 1. The van der Waals surface area contributed by atoms with E-state index in [4.69, 9.17) is 9.47 Å². The molecule has 6 nitrogen and oxygen atoms in total. The second kappa shape index (κ2) is 11.4. The number of allylic oxidation sites excluding steroid dienone is 1. The van der Waals surface area contributed by atoms with Crippen LogP contribution in [0.5, 0.6) is 5.75 Å². The zero-order valence-electron chi connectivity index (χ0n) is 22.7. The zero-order chi connectivity index (χ0) is 28.4. The summed E-state index contributed by atoms with van der Waals surface area (Å²) in [6, 6.07) is 19.0. The number of hydrogen-bond acceptors (Lipinski definition) is 6. The van der Waals surface area contributed by atoms with Crippen molar-refractivity contribution >= 4 is 23.4 Å². The molecule has 1 aliphatic rings. The highest BCUT2D eigenvalue weighted by Gasteiger charge is 2.33. The SMILES string of the molecule is CCOC(=O)C1=C(C)N=c2s/c(=C\c3cc(C)c(OCc4ccc(F)cc4)c(C)c3)c(=O)n2[C@@H]1c1ccccc1. The highest BCUT2D eigenvalue weighted by Crippen LogP contribution is 2.31. The lowest BCUT2D eigenvalue weighted by Crippen LogP contribution is -2.39. The summed E-state index contributed by atoms with van der Waals surface area (Å²) in [6.07, 6.45) is 1.85. The van der Waals surface area contributed by atoms with Crippen LogP contribution in [0, 0.1) is 19.7 Å². The maximum atomic E-state index is 13.8. The Bertz CT molecular complexity index is 1760. The Kier molecular flexibility index (Phi) is 7.80. The number of carbonyl (C=O) groups excluding carboxylic acids is 1. The number of rotatable bonds is 7. The average molecular weight is 557 g/mol. The summed E-state index contributed by atoms with van der Waals surface area (Å²) in [6.45, 7) is 7.98. The van der Waals surface area contributed by atoms with Gasteiger partial charge in [-0.3, -0.25) is 9.36 Å². The molecule has 2 heterocycles. The molecule has 0 unspecified atom stereocenters. The molecular formula is C32H29FN2O4S. The summed E-state index contributed by atoms with van der Waals surface area (Å²) in [5.74, 6) is -0.0100. The molecule has 1 aliphatic heterocycles. The minimum absolute atomic E-state index is 0.223. The Labute approximate surface area is 235 Å². The molecule has 0 saturated carbocycles. The molecule has 0 N–H and O–H groups in total. The zero-order valence-corrected chi connectivity index (χ0v) is 23.5. The molecule has 1 aromatic heterocycles. The van der Waals surface area contributed by atoms with E-state index >= 15 is 0 Å². The van der Waals surface area contributed by atoms with Crippen LogP contribution in [0.4, 0.5) is 4.39 Å². The van der Waals surface area contributed by atoms with Crippen molar-refractivity contribution in [2.75, 3.05) is 6.61 Å². The van der Waals surface area contributed by atoms with E-state index in [1.165, 1.54) is 23.5 Å². The van der Waals surface area contributed by atoms with Crippen LogP contribution >= 0.6 is 11.3 Å². The minimum atomic E-state index is -0.635. The Hall–Kier alpha value is -4.30. The number of nitrogens with zero attached hydrogens (tertiary/aromatic N) is 2. The fraction of sp³-hybridized carbons (Fsp3) is 0.219. The molecule has 0 aliphatic carbocycles. The van der Waals surface area contributed by atoms with E-state index in [1.807, 2.05) is 62.4 Å². The third-order valence-electron chi connectivity index (χ3n) is 6.71. The fourth-order valence-electron chi connectivity index (χ4n) is 4.92. The van der Waals surface area contributed by atoms with Gasteiger partial charge in [-0.15, -0.1) is 0 Å². The standard InChI is InChI=1S/C32H29FN2O4S/c1-5-38-31(37)27-21(4)34-32-35(28(27)24-9-7-6-8-10-24)30(36)26(40-32)17-23-15-19(2)29(20(3)16-23)39-18-22-11-13-25(33)14-12-22/h6-17,28H,5,18H2,1-4H3/b26-17-/t28-/m1/s1. The molecule has 204 valence electrons. The molecule has 8 heteroatoms. The number of ether oxygens (including phenoxy) is 2. The first kappa shape index (κ1) is 27.3. The second-order valence-electron chi connectivity index (χ2n) is 9.61. The molecule has 40 heavy (non-hydrogen) atoms. The van der Waals surface area contributed by atoms with Crippen molar-refractivity contribution < 1.29 is 18.7 Å². The Morgan fingerprint density at radius 1 is 1.05 bits per heavy atom. The first-order valence-corrected chi connectivity index (χ1v) is 13.8. The van der Waals surface area contributed by atoms with Gasteiger partial charge in [0.2, 0.25) is 0 Å². The van der Waals surface area contributed by atoms with E-state index in [0.717, 1.165) is 33.6 Å². The van der Waals surface area contributed by atoms with E-state index < -0.39 is 12.0 Å². The van der Waals surface area contributed by atoms with Crippen molar-refractivity contribution in [3.63, 3.8) is 0 Å². The molecule has 0 fully saturated rings. The van der Waals surface area contributed by atoms with Gasteiger partial charge in [0.25, 0.3) is 5.56 Å². The number of aromatic nitrogens is 1. The number of fused-ring (bicyclic) bond motifs is 1. The van der Waals surface area contributed by atoms with Crippen molar-refractivity contribution in [2.24, 2.45) is 4.99 Å². The van der Waals surface area contributed by atoms with Crippen LogP contribution in [-0.4, -0.2) is 17.1 Å². The average Bonchev–Trinajstić information content (AvgIpc) is 3.23. The number of carbonyl (C=O) groups is 1. The van der Waals surface area contributed by atoms with Crippen LogP contribution in [0.15, 0.2) is 87.8 Å². The highest BCUT2D eigenvalue weighted by molar-refractivity contribution is 7.07. The molecule has 5 rings (SSSR count). The van der Waals surface area contributed by atoms with Gasteiger partial charge in [-0.2, -0.15) is 0 Å². The summed E-state index contributed by atoms with van der Waals surface area (Å²) in [5, 5.41) is 0. The van der Waals surface area contributed by atoms with Crippen molar-refractivity contribution in [3.8, 4) is 5.75 Å². The lowest BCUT2D eigenvalue weighted by atomic mass is 9.96. The molecule has 3 aromatic carbocycles. The lowest BCUT2D eigenvalue weighted by molar-refractivity contribution is -0.139. The lowest BCUT2D eigenvalue weighted by Gasteiger charge is -2.24. The monoisotopic (exact) mass is 556 g/mol. The smallest absolute Gasteiger partial charge is 0.338 e. The van der Waals surface area contributed by atoms with E-state index in [9.17, 15) is 14.0 Å². The molecule has 0 bridgehead atoms. The molecule has 0 amide bonds. The van der Waals surface area contributed by atoms with Gasteiger partial charge in [-0.05, 0) is 85.9 Å². The third-order valence-corrected chi connectivity index (χ3v) is 7.69. The molecular weight excluding hydrogens is 527 g/mol. The van der Waals surface area contributed by atoms with Gasteiger partial charge in [0.1, 0.15) is 18.2 Å². The Morgan fingerprint density at radius 3 is 2.38 bits per heavy atom. The van der Waals surface area contributed by atoms with Crippen LogP contribution in [0.2, 0.25) is 0 Å². The maximum absolute atomic E-state index is 13.8. The predicted octanol–water partition coefficient (Wildman–Crippen LogP) is 5.13. The van der Waals surface area contributed by atoms with Crippen LogP contribution in [0.1, 0.15) is 47.7 Å². The molecule has 1 atom stereocenters. The van der Waals surface area contributed by atoms with Crippen LogP contribution < -0.4 is 19.6 Å². The number of halogens is 1. The topological polar surface area (TPSA) is 69.9 Å². The van der Waals surface area contributed by atoms with Crippen LogP contribution in [-0.2, 0) is 16.1 Å². The molecule has 0 spiro atoms. The van der Waals surface area contributed by atoms with Gasteiger partial charge in [0, 0.05) is 0 Å². The fourth-order valence-corrected chi connectivity index (χ4v) is 5.97. The Balaban J connectivity index is 1.54. The normalized spacial score (nSPS) is 15.0. The summed E-state index contributed by atoms with van der Waals surface area (Å²) >= 11 is 1.29. The van der Waals surface area contributed by atoms with Crippen LogP contribution in [0.3, 0.4) is 0 Å². The van der Waals surface area contributed by atoms with E-state index in [0.29, 0.717) is 27.2 Å². The molecule has 0 saturated heterocycles. The minimum Gasteiger partial charge on any atom is -0.488 e. The van der Waals surface area contributed by atoms with E-state index in [-0.39, 0.29) is 18.0 Å². The highest BCUT2D eigenvalue weighted by atomic mass is 32.1. The molecule has 0 radical (unpaired) electrons. The van der Waals surface area contributed by atoms with Crippen molar-refractivity contribution in [1.82, 2.24) is 4.57 Å². The van der Waals surface area contributed by atoms with Gasteiger partial charge >= 0.3 is 5.97 Å². The van der Waals surface area contributed by atoms with E-state index in [2.05, 4.69) is 4.99 Å². The second-order valence-corrected chi connectivity index (χ2v) is 10.6. The summed E-state index contributed by atoms with van der Waals surface area (Å²) in [7, 11) is 0. The number of benzene rings is 3. The third kappa shape index (κ3) is 5.40. The number of aryl methyl sites for hydroxylation is 2. The van der Waals surface area contributed by atoms with Crippen molar-refractivity contribution in [3.05, 3.63) is 131 Å². The number of thiazole rings is 1. The van der Waals surface area contributed by atoms with Crippen molar-refractivity contribution in [1.29, 1.82) is 0 Å². The van der Waals surface area contributed by atoms with Crippen LogP contribution in [0.25, 0.3) is 6.08 Å².